The molecule has 0 aliphatic rings. The molecule has 0 aliphatic heterocycles. The van der Waals surface area contributed by atoms with Crippen LogP contribution in [0.1, 0.15) is 27.7 Å². The van der Waals surface area contributed by atoms with Crippen LogP contribution in [0.2, 0.25) is 0 Å². The van der Waals surface area contributed by atoms with E-state index in [2.05, 4.69) is 0 Å². The van der Waals surface area contributed by atoms with E-state index in [1.165, 1.54) is 6.08 Å². The molecule has 16 heavy (non-hydrogen) atoms. The average molecular weight is 252 g/mol. The number of aliphatic hydroxyl groups excluding tert-OH is 2. The van der Waals surface area contributed by atoms with Crippen molar-refractivity contribution in [2.75, 3.05) is 12.8 Å². The van der Waals surface area contributed by atoms with Crippen molar-refractivity contribution in [1.29, 1.82) is 0 Å². The van der Waals surface area contributed by atoms with Crippen molar-refractivity contribution in [2.24, 2.45) is 0 Å². The standard InChI is InChI=1S/C10H21O5P/c1-8(2)14-16(13,15-9(3)4)6-5-10(12)7-11/h5,8-9,11-12H,6-7H2,1-4H3. The first-order chi connectivity index (χ1) is 7.29. The molecule has 0 radical (unpaired) electrons. The maximum atomic E-state index is 12.2. The highest BCUT2D eigenvalue weighted by molar-refractivity contribution is 7.54. The van der Waals surface area contributed by atoms with Gasteiger partial charge in [-0.05, 0) is 33.8 Å². The highest BCUT2D eigenvalue weighted by atomic mass is 31.2. The van der Waals surface area contributed by atoms with E-state index in [1.807, 2.05) is 0 Å². The largest absolute Gasteiger partial charge is 0.510 e. The summed E-state index contributed by atoms with van der Waals surface area (Å²) in [6, 6.07) is 0. The quantitative estimate of drug-likeness (QED) is 0.537. The minimum absolute atomic E-state index is 0.0459. The van der Waals surface area contributed by atoms with Gasteiger partial charge in [0, 0.05) is 0 Å². The number of aliphatic hydroxyl groups is 2. The lowest BCUT2D eigenvalue weighted by Crippen LogP contribution is -2.10. The van der Waals surface area contributed by atoms with Gasteiger partial charge in [0.2, 0.25) is 0 Å². The molecule has 0 atom stereocenters. The summed E-state index contributed by atoms with van der Waals surface area (Å²) in [6.07, 6.45) is 0.755. The molecule has 0 spiro atoms. The molecule has 0 heterocycles. The first-order valence-electron chi connectivity index (χ1n) is 5.24. The minimum Gasteiger partial charge on any atom is -0.510 e. The second-order valence-electron chi connectivity index (χ2n) is 3.96. The molecule has 0 aromatic rings. The average Bonchev–Trinajstić information content (AvgIpc) is 2.11. The first-order valence-corrected chi connectivity index (χ1v) is 6.96. The zero-order valence-corrected chi connectivity index (χ0v) is 11.1. The Bertz CT molecular complexity index is 258. The zero-order chi connectivity index (χ0) is 12.8. The van der Waals surface area contributed by atoms with Crippen LogP contribution in [0.15, 0.2) is 11.8 Å². The lowest BCUT2D eigenvalue weighted by Gasteiger charge is -2.21. The molecule has 0 bridgehead atoms. The third-order valence-electron chi connectivity index (χ3n) is 1.46. The van der Waals surface area contributed by atoms with E-state index < -0.39 is 14.2 Å². The molecular formula is C10H21O5P. The van der Waals surface area contributed by atoms with E-state index in [4.69, 9.17) is 19.3 Å². The van der Waals surface area contributed by atoms with Crippen LogP contribution >= 0.6 is 7.60 Å². The van der Waals surface area contributed by atoms with Crippen LogP contribution in [0.5, 0.6) is 0 Å². The van der Waals surface area contributed by atoms with Gasteiger partial charge in [-0.2, -0.15) is 0 Å². The summed E-state index contributed by atoms with van der Waals surface area (Å²) in [5.41, 5.74) is 0. The van der Waals surface area contributed by atoms with Crippen molar-refractivity contribution in [2.45, 2.75) is 39.9 Å². The molecule has 0 saturated heterocycles. The number of hydrogen-bond acceptors (Lipinski definition) is 5. The van der Waals surface area contributed by atoms with Gasteiger partial charge in [0.1, 0.15) is 5.76 Å². The molecule has 0 aromatic carbocycles. The summed E-state index contributed by atoms with van der Waals surface area (Å²) in [7, 11) is -3.25. The van der Waals surface area contributed by atoms with E-state index in [-0.39, 0.29) is 24.1 Å². The van der Waals surface area contributed by atoms with Crippen molar-refractivity contribution in [3.63, 3.8) is 0 Å². The van der Waals surface area contributed by atoms with Crippen LogP contribution in [0.25, 0.3) is 0 Å². The maximum absolute atomic E-state index is 12.2. The molecule has 0 unspecified atom stereocenters. The Morgan fingerprint density at radius 2 is 1.69 bits per heavy atom. The highest BCUT2D eigenvalue weighted by Gasteiger charge is 2.26. The molecule has 96 valence electrons. The van der Waals surface area contributed by atoms with Gasteiger partial charge in [-0.3, -0.25) is 4.57 Å². The topological polar surface area (TPSA) is 76.0 Å². The Morgan fingerprint density at radius 1 is 1.25 bits per heavy atom. The molecular weight excluding hydrogens is 231 g/mol. The molecule has 0 fully saturated rings. The van der Waals surface area contributed by atoms with E-state index in [9.17, 15) is 4.57 Å². The second-order valence-corrected chi connectivity index (χ2v) is 5.96. The van der Waals surface area contributed by atoms with Gasteiger partial charge in [-0.1, -0.05) is 0 Å². The SMILES string of the molecule is CC(C)OP(=O)(CC=C(O)CO)OC(C)C. The van der Waals surface area contributed by atoms with Crippen LogP contribution in [-0.2, 0) is 13.6 Å². The zero-order valence-electron chi connectivity index (χ0n) is 10.2. The molecule has 2 N–H and O–H groups in total. The Balaban J connectivity index is 4.60. The van der Waals surface area contributed by atoms with Gasteiger partial charge in [0.05, 0.1) is 25.0 Å². The fraction of sp³-hybridized carbons (Fsp3) is 0.800. The number of hydrogen-bond donors (Lipinski definition) is 2. The Kier molecular flexibility index (Phi) is 6.91. The summed E-state index contributed by atoms with van der Waals surface area (Å²) in [5, 5.41) is 17.7. The van der Waals surface area contributed by atoms with Gasteiger partial charge in [-0.25, -0.2) is 0 Å². The van der Waals surface area contributed by atoms with Crippen molar-refractivity contribution < 1.29 is 23.8 Å². The summed E-state index contributed by atoms with van der Waals surface area (Å²) < 4.78 is 22.7. The summed E-state index contributed by atoms with van der Waals surface area (Å²) in [6.45, 7) is 6.54. The van der Waals surface area contributed by atoms with Crippen molar-refractivity contribution in [1.82, 2.24) is 0 Å². The van der Waals surface area contributed by atoms with Gasteiger partial charge >= 0.3 is 7.60 Å². The third kappa shape index (κ3) is 7.01. The van der Waals surface area contributed by atoms with Gasteiger partial charge in [-0.15, -0.1) is 0 Å². The fourth-order valence-electron chi connectivity index (χ4n) is 1.04. The van der Waals surface area contributed by atoms with Gasteiger partial charge in [0.15, 0.2) is 0 Å². The molecule has 0 saturated carbocycles. The fourth-order valence-corrected chi connectivity index (χ4v) is 2.98. The monoisotopic (exact) mass is 252 g/mol. The van der Waals surface area contributed by atoms with Crippen LogP contribution < -0.4 is 0 Å². The van der Waals surface area contributed by atoms with Gasteiger partial charge < -0.3 is 19.3 Å². The Morgan fingerprint density at radius 3 is 2.00 bits per heavy atom. The molecule has 6 heteroatoms. The summed E-state index contributed by atoms with van der Waals surface area (Å²) >= 11 is 0. The van der Waals surface area contributed by atoms with Crippen molar-refractivity contribution in [3.05, 3.63) is 11.8 Å². The minimum atomic E-state index is -3.25. The summed E-state index contributed by atoms with van der Waals surface area (Å²) in [4.78, 5) is 0. The second kappa shape index (κ2) is 7.07. The number of allylic oxidation sites excluding steroid dienone is 1. The van der Waals surface area contributed by atoms with E-state index in [0.29, 0.717) is 0 Å². The van der Waals surface area contributed by atoms with Crippen LogP contribution in [-0.4, -0.2) is 35.2 Å². The predicted octanol–water partition coefficient (Wildman–Crippen LogP) is 2.46. The van der Waals surface area contributed by atoms with Crippen molar-refractivity contribution in [3.8, 4) is 0 Å². The molecule has 5 nitrogen and oxygen atoms in total. The normalized spacial score (nSPS) is 13.8. The smallest absolute Gasteiger partial charge is 0.335 e. The van der Waals surface area contributed by atoms with Crippen LogP contribution in [0.3, 0.4) is 0 Å². The maximum Gasteiger partial charge on any atom is 0.335 e. The molecule has 0 rings (SSSR count). The molecule has 0 aliphatic carbocycles. The van der Waals surface area contributed by atoms with Crippen molar-refractivity contribution >= 4 is 7.60 Å². The van der Waals surface area contributed by atoms with Crippen LogP contribution in [0.4, 0.5) is 0 Å². The lowest BCUT2D eigenvalue weighted by molar-refractivity contribution is 0.144. The Labute approximate surface area is 96.6 Å². The third-order valence-corrected chi connectivity index (χ3v) is 3.57. The van der Waals surface area contributed by atoms with E-state index >= 15 is 0 Å². The molecule has 0 amide bonds. The van der Waals surface area contributed by atoms with Gasteiger partial charge in [0.25, 0.3) is 0 Å². The molecule has 0 aromatic heterocycles. The highest BCUT2D eigenvalue weighted by Crippen LogP contribution is 2.50. The lowest BCUT2D eigenvalue weighted by atomic mass is 10.5. The number of rotatable bonds is 7. The van der Waals surface area contributed by atoms with E-state index in [0.717, 1.165) is 0 Å². The Hall–Kier alpha value is -0.350. The van der Waals surface area contributed by atoms with Crippen LogP contribution in [0, 0.1) is 0 Å². The first kappa shape index (κ1) is 15.7. The predicted molar refractivity (Wildman–Crippen MR) is 62.7 cm³/mol. The summed E-state index contributed by atoms with van der Waals surface area (Å²) in [5.74, 6) is -0.236. The van der Waals surface area contributed by atoms with E-state index in [1.54, 1.807) is 27.7 Å².